The molecule has 1 aromatic carbocycles. The highest BCUT2D eigenvalue weighted by molar-refractivity contribution is 5.73. The van der Waals surface area contributed by atoms with Crippen LogP contribution in [0, 0.1) is 0 Å². The fourth-order valence-corrected chi connectivity index (χ4v) is 1.66. The van der Waals surface area contributed by atoms with E-state index >= 15 is 0 Å². The second kappa shape index (κ2) is 4.42. The van der Waals surface area contributed by atoms with Gasteiger partial charge in [-0.3, -0.25) is 10.1 Å². The summed E-state index contributed by atoms with van der Waals surface area (Å²) in [6, 6.07) is 9.09. The standard InChI is InChI=1S/C11H13NO3/c13-11(14)10-7-15-6-9(12-10)8-4-2-1-3-5-8/h1-5,9-10,12H,6-7H2,(H,13,14). The molecule has 15 heavy (non-hydrogen) atoms. The Bertz CT molecular complexity index is 339. The van der Waals surface area contributed by atoms with Gasteiger partial charge in [0, 0.05) is 0 Å². The van der Waals surface area contributed by atoms with Crippen molar-refractivity contribution in [1.82, 2.24) is 5.32 Å². The van der Waals surface area contributed by atoms with Crippen LogP contribution in [0.4, 0.5) is 0 Å². The molecule has 1 aromatic rings. The molecule has 0 bridgehead atoms. The second-order valence-corrected chi connectivity index (χ2v) is 3.56. The maximum atomic E-state index is 10.8. The lowest BCUT2D eigenvalue weighted by Gasteiger charge is -2.28. The molecule has 4 nitrogen and oxygen atoms in total. The Hall–Kier alpha value is -1.39. The van der Waals surface area contributed by atoms with Gasteiger partial charge in [-0.05, 0) is 5.56 Å². The van der Waals surface area contributed by atoms with Gasteiger partial charge >= 0.3 is 5.97 Å². The molecule has 0 aliphatic carbocycles. The monoisotopic (exact) mass is 207 g/mol. The molecule has 0 amide bonds. The van der Waals surface area contributed by atoms with E-state index in [4.69, 9.17) is 9.84 Å². The minimum Gasteiger partial charge on any atom is -0.480 e. The van der Waals surface area contributed by atoms with E-state index in [-0.39, 0.29) is 12.6 Å². The third-order valence-corrected chi connectivity index (χ3v) is 2.47. The number of ether oxygens (including phenoxy) is 1. The molecule has 4 heteroatoms. The smallest absolute Gasteiger partial charge is 0.323 e. The van der Waals surface area contributed by atoms with Crippen molar-refractivity contribution in [3.63, 3.8) is 0 Å². The lowest BCUT2D eigenvalue weighted by molar-refractivity contribution is -0.143. The van der Waals surface area contributed by atoms with Gasteiger partial charge in [0.1, 0.15) is 6.04 Å². The van der Waals surface area contributed by atoms with Crippen molar-refractivity contribution in [2.24, 2.45) is 0 Å². The van der Waals surface area contributed by atoms with Gasteiger partial charge in [0.15, 0.2) is 0 Å². The summed E-state index contributed by atoms with van der Waals surface area (Å²) in [6.07, 6.45) is 0. The van der Waals surface area contributed by atoms with Crippen molar-refractivity contribution < 1.29 is 14.6 Å². The number of carboxylic acid groups (broad SMARTS) is 1. The molecule has 1 fully saturated rings. The number of carbonyl (C=O) groups is 1. The van der Waals surface area contributed by atoms with E-state index in [1.807, 2.05) is 30.3 Å². The maximum Gasteiger partial charge on any atom is 0.323 e. The molecule has 1 aliphatic rings. The largest absolute Gasteiger partial charge is 0.480 e. The molecule has 1 aliphatic heterocycles. The van der Waals surface area contributed by atoms with Crippen LogP contribution in [0.2, 0.25) is 0 Å². The normalized spacial score (nSPS) is 26.1. The number of nitrogens with one attached hydrogen (secondary N) is 1. The van der Waals surface area contributed by atoms with Gasteiger partial charge in [0.25, 0.3) is 0 Å². The zero-order valence-corrected chi connectivity index (χ0v) is 8.22. The first-order valence-electron chi connectivity index (χ1n) is 4.89. The minimum atomic E-state index is -0.865. The summed E-state index contributed by atoms with van der Waals surface area (Å²) >= 11 is 0. The SMILES string of the molecule is O=C(O)C1COCC(c2ccccc2)N1. The molecular formula is C11H13NO3. The summed E-state index contributed by atoms with van der Waals surface area (Å²) in [5.74, 6) is -0.865. The summed E-state index contributed by atoms with van der Waals surface area (Å²) in [7, 11) is 0. The first kappa shape index (κ1) is 10.1. The van der Waals surface area contributed by atoms with E-state index in [1.54, 1.807) is 0 Å². The van der Waals surface area contributed by atoms with E-state index in [2.05, 4.69) is 5.32 Å². The first-order valence-corrected chi connectivity index (χ1v) is 4.89. The van der Waals surface area contributed by atoms with Crippen LogP contribution < -0.4 is 5.32 Å². The lowest BCUT2D eigenvalue weighted by atomic mass is 10.1. The minimum absolute atomic E-state index is 0.0268. The quantitative estimate of drug-likeness (QED) is 0.753. The first-order chi connectivity index (χ1) is 7.27. The Labute approximate surface area is 87.9 Å². The van der Waals surface area contributed by atoms with Gasteiger partial charge in [-0.25, -0.2) is 0 Å². The third-order valence-electron chi connectivity index (χ3n) is 2.47. The van der Waals surface area contributed by atoms with E-state index in [1.165, 1.54) is 0 Å². The average molecular weight is 207 g/mol. The van der Waals surface area contributed by atoms with E-state index < -0.39 is 12.0 Å². The van der Waals surface area contributed by atoms with Crippen LogP contribution in [0.25, 0.3) is 0 Å². The van der Waals surface area contributed by atoms with Gasteiger partial charge in [-0.15, -0.1) is 0 Å². The molecule has 80 valence electrons. The topological polar surface area (TPSA) is 58.6 Å². The summed E-state index contributed by atoms with van der Waals surface area (Å²) in [5, 5.41) is 11.9. The number of hydrogen-bond donors (Lipinski definition) is 2. The molecule has 0 radical (unpaired) electrons. The van der Waals surface area contributed by atoms with Gasteiger partial charge in [0.2, 0.25) is 0 Å². The van der Waals surface area contributed by atoms with Crippen molar-refractivity contribution in [2.45, 2.75) is 12.1 Å². The predicted molar refractivity (Wildman–Crippen MR) is 54.6 cm³/mol. The fourth-order valence-electron chi connectivity index (χ4n) is 1.66. The summed E-state index contributed by atoms with van der Waals surface area (Å²) in [6.45, 7) is 0.756. The summed E-state index contributed by atoms with van der Waals surface area (Å²) < 4.78 is 5.27. The van der Waals surface area contributed by atoms with Crippen LogP contribution in [-0.2, 0) is 9.53 Å². The molecule has 2 unspecified atom stereocenters. The highest BCUT2D eigenvalue weighted by Gasteiger charge is 2.27. The molecule has 0 saturated carbocycles. The van der Waals surface area contributed by atoms with Gasteiger partial charge < -0.3 is 9.84 Å². The number of morpholine rings is 1. The Morgan fingerprint density at radius 2 is 2.07 bits per heavy atom. The Morgan fingerprint density at radius 3 is 2.73 bits per heavy atom. The van der Waals surface area contributed by atoms with E-state index in [9.17, 15) is 4.79 Å². The molecule has 1 heterocycles. The number of aliphatic carboxylic acids is 1. The Kier molecular flexibility index (Phi) is 2.99. The van der Waals surface area contributed by atoms with E-state index in [0.717, 1.165) is 5.56 Å². The van der Waals surface area contributed by atoms with Crippen LogP contribution in [0.3, 0.4) is 0 Å². The molecule has 1 saturated heterocycles. The van der Waals surface area contributed by atoms with Crippen molar-refractivity contribution in [2.75, 3.05) is 13.2 Å². The van der Waals surface area contributed by atoms with Crippen molar-refractivity contribution in [1.29, 1.82) is 0 Å². The average Bonchev–Trinajstić information content (AvgIpc) is 2.30. The van der Waals surface area contributed by atoms with E-state index in [0.29, 0.717) is 6.61 Å². The second-order valence-electron chi connectivity index (χ2n) is 3.56. The molecule has 2 atom stereocenters. The number of benzene rings is 1. The molecule has 2 rings (SSSR count). The van der Waals surface area contributed by atoms with Crippen LogP contribution in [0.1, 0.15) is 11.6 Å². The van der Waals surface area contributed by atoms with Crippen molar-refractivity contribution >= 4 is 5.97 Å². The highest BCUT2D eigenvalue weighted by atomic mass is 16.5. The molecule has 0 aromatic heterocycles. The predicted octanol–water partition coefficient (Wildman–Crippen LogP) is 0.801. The number of carboxylic acids is 1. The van der Waals surface area contributed by atoms with Gasteiger partial charge in [0.05, 0.1) is 19.3 Å². The third kappa shape index (κ3) is 2.34. The van der Waals surface area contributed by atoms with Crippen molar-refractivity contribution in [3.05, 3.63) is 35.9 Å². The Morgan fingerprint density at radius 1 is 1.33 bits per heavy atom. The van der Waals surface area contributed by atoms with Gasteiger partial charge in [-0.2, -0.15) is 0 Å². The van der Waals surface area contributed by atoms with Crippen molar-refractivity contribution in [3.8, 4) is 0 Å². The molecule has 2 N–H and O–H groups in total. The highest BCUT2D eigenvalue weighted by Crippen LogP contribution is 2.17. The summed E-state index contributed by atoms with van der Waals surface area (Å²) in [5.41, 5.74) is 1.06. The Balaban J connectivity index is 2.08. The number of rotatable bonds is 2. The molecular weight excluding hydrogens is 194 g/mol. The lowest BCUT2D eigenvalue weighted by Crippen LogP contribution is -2.48. The zero-order valence-electron chi connectivity index (χ0n) is 8.22. The van der Waals surface area contributed by atoms with Crippen LogP contribution in [0.15, 0.2) is 30.3 Å². The van der Waals surface area contributed by atoms with Crippen LogP contribution in [-0.4, -0.2) is 30.3 Å². The van der Waals surface area contributed by atoms with Crippen LogP contribution >= 0.6 is 0 Å². The maximum absolute atomic E-state index is 10.8. The fraction of sp³-hybridized carbons (Fsp3) is 0.364. The van der Waals surface area contributed by atoms with Crippen LogP contribution in [0.5, 0.6) is 0 Å². The zero-order chi connectivity index (χ0) is 10.7. The summed E-state index contributed by atoms with van der Waals surface area (Å²) in [4.78, 5) is 10.8. The number of hydrogen-bond acceptors (Lipinski definition) is 3. The molecule has 0 spiro atoms. The van der Waals surface area contributed by atoms with Gasteiger partial charge in [-0.1, -0.05) is 30.3 Å².